The molecule has 0 fully saturated rings. The minimum absolute atomic E-state index is 0. The van der Waals surface area contributed by atoms with Crippen LogP contribution < -0.4 is 44.6 Å². The number of diazo groups is 4. The van der Waals surface area contributed by atoms with Gasteiger partial charge >= 0.3 is 64.6 Å². The number of benzene rings is 14. The van der Waals surface area contributed by atoms with Crippen LogP contribution in [0.1, 0.15) is 22.3 Å². The molecule has 0 bridgehead atoms. The van der Waals surface area contributed by atoms with Crippen LogP contribution in [0.5, 0.6) is 0 Å². The normalized spacial score (nSPS) is 10.7. The summed E-state index contributed by atoms with van der Waals surface area (Å²) >= 11 is -1.77. The van der Waals surface area contributed by atoms with Gasteiger partial charge in [-0.05, 0) is 181 Å². The summed E-state index contributed by atoms with van der Waals surface area (Å²) in [5.41, 5.74) is 35.5. The summed E-state index contributed by atoms with van der Waals surface area (Å²) in [5.74, 6) is 0. The van der Waals surface area contributed by atoms with E-state index in [0.717, 1.165) is 45.2 Å². The molecule has 37 heteroatoms. The quantitative estimate of drug-likeness (QED) is 0.0188. The van der Waals surface area contributed by atoms with Gasteiger partial charge in [-0.25, -0.2) is 33.7 Å². The van der Waals surface area contributed by atoms with Crippen molar-refractivity contribution in [2.45, 2.75) is 61.4 Å². The number of nitrogens with one attached hydrogen (secondary N) is 3. The maximum atomic E-state index is 13.4. The molecule has 29 nitrogen and oxygen atoms in total. The SMILES string of the molecule is C.C.C.N#[N+]c1ccc(S(=O)(=O)c2ccc([N+]#N)cc2)cc1.N#[N+]c1ccc(S(=O)(=O)c2ccc([N+]#N)cc2)cc1.NCCNc1ccc(N=Nc2ccc(S(=O)(=O)c3ccc(N=Nc4ccc(NCCN)c5ccccc45)cc3)cc2)c2ccccc12.NCCNc1cccc2ccccc12.Nc1ccc(S(=O)(=O)c2ccc(N)cc2)cc1.O.[Cl][V]([Cl])[Cl]. The molecule has 14 aromatic carbocycles. The van der Waals surface area contributed by atoms with Crippen LogP contribution in [0.25, 0.3) is 52.2 Å². The van der Waals surface area contributed by atoms with Crippen molar-refractivity contribution in [3.05, 3.63) is 329 Å². The second-order valence-corrected chi connectivity index (χ2v) is 39.9. The molecule has 0 aliphatic heterocycles. The first-order valence-corrected chi connectivity index (χ1v) is 47.6. The molecule has 0 amide bonds. The van der Waals surface area contributed by atoms with Gasteiger partial charge in [-0.15, -0.1) is 10.2 Å². The Bertz CT molecular complexity index is 6130. The van der Waals surface area contributed by atoms with Gasteiger partial charge in [0, 0.05) is 143 Å². The van der Waals surface area contributed by atoms with Crippen LogP contribution in [-0.2, 0) is 51.6 Å². The average molecular weight is 1850 g/mol. The van der Waals surface area contributed by atoms with Gasteiger partial charge in [-0.3, -0.25) is 0 Å². The fourth-order valence-corrected chi connectivity index (χ4v) is 16.3. The second-order valence-electron chi connectivity index (χ2n) is 25.1. The second kappa shape index (κ2) is 49.1. The van der Waals surface area contributed by atoms with E-state index in [9.17, 15) is 33.7 Å². The molecule has 0 aliphatic rings. The summed E-state index contributed by atoms with van der Waals surface area (Å²) in [5, 5.41) is 68.2. The number of halogens is 3. The Labute approximate surface area is 737 Å². The van der Waals surface area contributed by atoms with Crippen molar-refractivity contribution < 1.29 is 51.4 Å². The number of anilines is 5. The third-order valence-corrected chi connectivity index (χ3v) is 24.4. The van der Waals surface area contributed by atoms with Gasteiger partial charge in [0.2, 0.25) is 60.9 Å². The van der Waals surface area contributed by atoms with Crippen molar-refractivity contribution in [2.24, 2.45) is 37.7 Å². The first-order valence-electron chi connectivity index (χ1n) is 35.9. The van der Waals surface area contributed by atoms with Gasteiger partial charge in [0.1, 0.15) is 0 Å². The van der Waals surface area contributed by atoms with Crippen molar-refractivity contribution in [3.63, 3.8) is 0 Å². The Morgan fingerprint density at radius 1 is 0.290 bits per heavy atom. The molecule has 124 heavy (non-hydrogen) atoms. The van der Waals surface area contributed by atoms with Crippen LogP contribution in [-0.4, -0.2) is 78.4 Å². The molecule has 0 aromatic heterocycles. The predicted octanol–water partition coefficient (Wildman–Crippen LogP) is 22.4. The number of hydrogen-bond acceptors (Lipinski definition) is 24. The Morgan fingerprint density at radius 3 is 0.782 bits per heavy atom. The Kier molecular flexibility index (Phi) is 40.1. The van der Waals surface area contributed by atoms with E-state index in [4.69, 9.17) is 79.8 Å². The van der Waals surface area contributed by atoms with Crippen LogP contribution in [0.3, 0.4) is 0 Å². The summed E-state index contributed by atoms with van der Waals surface area (Å²) in [6, 6.07) is 85.0. The average Bonchev–Trinajstić information content (AvgIpc) is 0.805. The maximum absolute atomic E-state index is 13.4. The molecule has 14 aromatic rings. The number of fused-ring (bicyclic) bond motifs is 3. The molecule has 0 radical (unpaired) electrons. The van der Waals surface area contributed by atoms with Gasteiger partial charge < -0.3 is 50.1 Å². The summed E-state index contributed by atoms with van der Waals surface area (Å²) < 4.78 is 100. The van der Waals surface area contributed by atoms with Crippen LogP contribution in [0, 0.1) is 21.6 Å². The van der Waals surface area contributed by atoms with E-state index < -0.39 is 51.6 Å². The van der Waals surface area contributed by atoms with E-state index in [1.807, 2.05) is 72.8 Å². The number of rotatable bonds is 21. The van der Waals surface area contributed by atoms with Crippen molar-refractivity contribution in [1.82, 2.24) is 0 Å². The molecule has 14 rings (SSSR count). The number of nitrogens with zero attached hydrogens (tertiary/aromatic N) is 12. The van der Waals surface area contributed by atoms with Crippen LogP contribution in [0.2, 0.25) is 0 Å². The molecule has 0 atom stereocenters. The third-order valence-electron chi connectivity index (χ3n) is 17.2. The summed E-state index contributed by atoms with van der Waals surface area (Å²) in [7, 11) is 0.334. The van der Waals surface area contributed by atoms with Crippen molar-refractivity contribution in [3.8, 4) is 0 Å². The van der Waals surface area contributed by atoms with Gasteiger partial charge in [0.15, 0.2) is 19.9 Å². The van der Waals surface area contributed by atoms with Gasteiger partial charge in [-0.1, -0.05) is 107 Å². The molecule has 0 heterocycles. The van der Waals surface area contributed by atoms with E-state index in [-0.39, 0.29) is 89.7 Å². The molecule has 0 aliphatic carbocycles. The monoisotopic (exact) mass is 1840 g/mol. The first kappa shape index (κ1) is 101. The number of azo groups is 2. The van der Waals surface area contributed by atoms with Crippen LogP contribution in [0.15, 0.2) is 369 Å². The van der Waals surface area contributed by atoms with Crippen molar-refractivity contribution in [2.75, 3.05) is 66.7 Å². The molecule has 0 saturated carbocycles. The zero-order valence-corrected chi connectivity index (χ0v) is 70.9. The van der Waals surface area contributed by atoms with E-state index in [0.29, 0.717) is 66.8 Å². The van der Waals surface area contributed by atoms with Crippen molar-refractivity contribution in [1.29, 1.82) is 21.6 Å². The fraction of sp³-hybridized carbons (Fsp3) is 0.103. The Morgan fingerprint density at radius 2 is 0.516 bits per heavy atom. The predicted molar refractivity (Wildman–Crippen MR) is 495 cm³/mol. The number of nitrogens with two attached hydrogens (primary N) is 5. The molecule has 0 saturated heterocycles. The molecular weight excluding hydrogens is 1750 g/mol. The fourth-order valence-electron chi connectivity index (χ4n) is 11.3. The van der Waals surface area contributed by atoms with Crippen molar-refractivity contribution >= 4 is 175 Å². The van der Waals surface area contributed by atoms with E-state index in [2.05, 4.69) is 98.8 Å². The summed E-state index contributed by atoms with van der Waals surface area (Å²) in [6.45, 7) is 3.85. The van der Waals surface area contributed by atoms with Crippen LogP contribution in [0.4, 0.5) is 73.9 Å². The zero-order valence-electron chi connectivity index (χ0n) is 63.9. The molecule has 15 N–H and O–H groups in total. The third kappa shape index (κ3) is 27.7. The van der Waals surface area contributed by atoms with E-state index in [1.54, 1.807) is 48.5 Å². The molecule has 638 valence electrons. The minimum atomic E-state index is -3.77. The Hall–Kier alpha value is -13.2. The number of hydrogen-bond donors (Lipinski definition) is 8. The first-order chi connectivity index (χ1) is 57.8. The number of sulfone groups is 4. The summed E-state index contributed by atoms with van der Waals surface area (Å²) in [6.07, 6.45) is 0. The van der Waals surface area contributed by atoms with E-state index >= 15 is 0 Å². The topological polar surface area (TPSA) is 496 Å². The van der Waals surface area contributed by atoms with Gasteiger partial charge in [0.05, 0.1) is 61.9 Å². The van der Waals surface area contributed by atoms with Gasteiger partial charge in [0.25, 0.3) is 0 Å². The molecular formula is C87H90Cl3N20O9S4V+4. The standard InChI is InChI=1S/C36H34N8O2S.2C12H8N4O2S.C12H12N2O2S.C12H14N2.3CH4.3ClH.H2O.V/c37-21-23-39-33-17-19-35(31-7-3-1-5-29(31)33)43-41-25-9-13-27(14-10-25)47(45,46)28-15-11-26(12-16-28)42-44-36-20-18-34(40-24-22-38)30-6-2-4-8-32(30)36;2*13-15-9-1-5-11(6-2-9)19(17,18)12-7-3-10(16-14)4-8-12;13-9-1-5-11(6-2-9)17(15,16)12-7-3-10(14)4-8-12;13-8-9-14-12-7-3-5-10-4-1-2-6-11(10)12;;;;;;;;/h1-20,39-40H,21-24,37-38H2;2*1-8H;1-8H,13-14H2;1-7,14H,8-9,13H2;3*1H4;3*1H;1H2;/q;2*+2;;;;;;;;;;+3/p-3. The van der Waals surface area contributed by atoms with Gasteiger partial charge in [-0.2, -0.15) is 10.2 Å². The molecule has 0 unspecified atom stereocenters. The Balaban J connectivity index is 0.000000296. The number of nitrogen functional groups attached to an aromatic ring is 2. The van der Waals surface area contributed by atoms with Crippen LogP contribution >= 0.6 is 29.5 Å². The summed E-state index contributed by atoms with van der Waals surface area (Å²) in [4.78, 5) is 12.9. The molecule has 0 spiro atoms. The zero-order chi connectivity index (χ0) is 86.2. The van der Waals surface area contributed by atoms with E-state index in [1.165, 1.54) is 156 Å².